The number of ether oxygens (including phenoxy) is 1. The molecule has 2 aromatic rings. The van der Waals surface area contributed by atoms with Crippen molar-refractivity contribution >= 4 is 52.6 Å². The molecule has 32 heavy (non-hydrogen) atoms. The van der Waals surface area contributed by atoms with Crippen LogP contribution in [-0.4, -0.2) is 46.9 Å². The molecule has 174 valence electrons. The number of benzene rings is 1. The minimum Gasteiger partial charge on any atom is -0.456 e. The second-order valence-electron chi connectivity index (χ2n) is 7.71. The van der Waals surface area contributed by atoms with E-state index in [0.29, 0.717) is 22.8 Å². The van der Waals surface area contributed by atoms with Crippen LogP contribution in [0.25, 0.3) is 0 Å². The van der Waals surface area contributed by atoms with Crippen LogP contribution < -0.4 is 5.32 Å². The second kappa shape index (κ2) is 11.8. The second-order valence-corrected chi connectivity index (χ2v) is 9.54. The van der Waals surface area contributed by atoms with Crippen molar-refractivity contribution in [3.8, 4) is 0 Å². The molecular formula is C23H28Cl2N2O4S. The first kappa shape index (κ1) is 26.3. The summed E-state index contributed by atoms with van der Waals surface area (Å²) in [6.45, 7) is 7.50. The predicted molar refractivity (Wildman–Crippen MR) is 130 cm³/mol. The molecule has 0 fully saturated rings. The molecule has 1 atom stereocenters. The van der Waals surface area contributed by atoms with Gasteiger partial charge in [-0.3, -0.25) is 9.59 Å². The monoisotopic (exact) mass is 498 g/mol. The van der Waals surface area contributed by atoms with Gasteiger partial charge in [0.1, 0.15) is 6.04 Å². The van der Waals surface area contributed by atoms with Crippen molar-refractivity contribution in [2.45, 2.75) is 46.2 Å². The molecule has 0 saturated heterocycles. The van der Waals surface area contributed by atoms with E-state index in [1.807, 2.05) is 34.0 Å². The lowest BCUT2D eigenvalue weighted by Gasteiger charge is -2.18. The summed E-state index contributed by atoms with van der Waals surface area (Å²) in [5.41, 5.74) is 2.54. The molecule has 6 nitrogen and oxygen atoms in total. The number of carbonyl (C=O) groups is 3. The van der Waals surface area contributed by atoms with Crippen molar-refractivity contribution in [3.05, 3.63) is 56.8 Å². The van der Waals surface area contributed by atoms with Crippen molar-refractivity contribution in [1.29, 1.82) is 0 Å². The Morgan fingerprint density at radius 2 is 1.81 bits per heavy atom. The fraction of sp³-hybridized carbons (Fsp3) is 0.435. The number of rotatable bonds is 10. The molecular weight excluding hydrogens is 471 g/mol. The number of esters is 1. The molecule has 1 N–H and O–H groups in total. The number of amides is 1. The number of halogens is 2. The van der Waals surface area contributed by atoms with Crippen LogP contribution in [0.4, 0.5) is 0 Å². The number of aryl methyl sites for hydroxylation is 1. The van der Waals surface area contributed by atoms with Crippen LogP contribution in [0.15, 0.2) is 24.3 Å². The molecule has 0 aliphatic rings. The summed E-state index contributed by atoms with van der Waals surface area (Å²) in [7, 11) is 0. The molecule has 2 rings (SSSR count). The van der Waals surface area contributed by atoms with Gasteiger partial charge in [0.15, 0.2) is 6.61 Å². The van der Waals surface area contributed by atoms with E-state index in [9.17, 15) is 14.4 Å². The summed E-state index contributed by atoms with van der Waals surface area (Å²) < 4.78 is 7.35. The van der Waals surface area contributed by atoms with Crippen LogP contribution in [0, 0.1) is 13.8 Å². The number of aromatic nitrogens is 1. The zero-order valence-electron chi connectivity index (χ0n) is 18.8. The maximum Gasteiger partial charge on any atom is 0.329 e. The van der Waals surface area contributed by atoms with E-state index in [4.69, 9.17) is 27.9 Å². The van der Waals surface area contributed by atoms with Gasteiger partial charge < -0.3 is 14.6 Å². The van der Waals surface area contributed by atoms with Crippen LogP contribution in [-0.2, 0) is 9.53 Å². The van der Waals surface area contributed by atoms with Crippen LogP contribution in [0.2, 0.25) is 10.0 Å². The normalized spacial score (nSPS) is 12.0. The number of Topliss-reactive ketones (excluding diaryl/α,β-unsaturated/α-hetero) is 1. The topological polar surface area (TPSA) is 77.4 Å². The molecule has 0 spiro atoms. The molecule has 0 aliphatic heterocycles. The zero-order chi connectivity index (χ0) is 24.0. The predicted octanol–water partition coefficient (Wildman–Crippen LogP) is 5.27. The fourth-order valence-corrected chi connectivity index (χ4v) is 4.53. The van der Waals surface area contributed by atoms with E-state index < -0.39 is 24.5 Å². The van der Waals surface area contributed by atoms with Crippen LogP contribution in [0.5, 0.6) is 0 Å². The standard InChI is InChI=1S/C23H28Cl2N2O4S/c1-13(2)27-14(3)10-18(15(27)4)21(28)12-31-23(30)20(8-9-32-5)26-22(29)17-7-6-16(24)11-19(17)25/h6-7,10-11,13,20H,8-9,12H2,1-5H3,(H,26,29). The number of nitrogens with zero attached hydrogens (tertiary/aromatic N) is 1. The third-order valence-corrected chi connectivity index (χ3v) is 6.21. The summed E-state index contributed by atoms with van der Waals surface area (Å²) in [5.74, 6) is -0.836. The zero-order valence-corrected chi connectivity index (χ0v) is 21.2. The quantitative estimate of drug-likeness (QED) is 0.356. The van der Waals surface area contributed by atoms with Gasteiger partial charge in [-0.1, -0.05) is 23.2 Å². The van der Waals surface area contributed by atoms with E-state index in [1.54, 1.807) is 12.1 Å². The Balaban J connectivity index is 2.08. The largest absolute Gasteiger partial charge is 0.456 e. The van der Waals surface area contributed by atoms with E-state index in [1.165, 1.54) is 23.9 Å². The number of hydrogen-bond donors (Lipinski definition) is 1. The van der Waals surface area contributed by atoms with Crippen molar-refractivity contribution in [3.63, 3.8) is 0 Å². The molecule has 0 bridgehead atoms. The van der Waals surface area contributed by atoms with E-state index in [2.05, 4.69) is 9.88 Å². The van der Waals surface area contributed by atoms with Gasteiger partial charge in [-0.25, -0.2) is 4.79 Å². The summed E-state index contributed by atoms with van der Waals surface area (Å²) in [5, 5.41) is 3.25. The van der Waals surface area contributed by atoms with Gasteiger partial charge in [0.2, 0.25) is 5.78 Å². The molecule has 0 aliphatic carbocycles. The minimum absolute atomic E-state index is 0.183. The number of carbonyl (C=O) groups excluding carboxylic acids is 3. The Labute approximate surface area is 203 Å². The highest BCUT2D eigenvalue weighted by Gasteiger charge is 2.25. The maximum absolute atomic E-state index is 12.7. The average Bonchev–Trinajstić information content (AvgIpc) is 3.02. The highest BCUT2D eigenvalue weighted by atomic mass is 35.5. The van der Waals surface area contributed by atoms with Crippen molar-refractivity contribution in [1.82, 2.24) is 9.88 Å². The Morgan fingerprint density at radius 3 is 2.38 bits per heavy atom. The number of nitrogens with one attached hydrogen (secondary N) is 1. The molecule has 0 saturated carbocycles. The fourth-order valence-electron chi connectivity index (χ4n) is 3.56. The molecule has 1 amide bonds. The molecule has 0 radical (unpaired) electrons. The molecule has 1 heterocycles. The first-order valence-corrected chi connectivity index (χ1v) is 12.3. The minimum atomic E-state index is -0.905. The van der Waals surface area contributed by atoms with Gasteiger partial charge in [0.05, 0.1) is 10.6 Å². The third kappa shape index (κ3) is 6.53. The number of ketones is 1. The average molecular weight is 499 g/mol. The van der Waals surface area contributed by atoms with Crippen molar-refractivity contribution in [2.24, 2.45) is 0 Å². The first-order valence-electron chi connectivity index (χ1n) is 10.2. The smallest absolute Gasteiger partial charge is 0.329 e. The van der Waals surface area contributed by atoms with E-state index in [0.717, 1.165) is 11.4 Å². The van der Waals surface area contributed by atoms with Gasteiger partial charge in [0.25, 0.3) is 5.91 Å². The lowest BCUT2D eigenvalue weighted by atomic mass is 10.1. The van der Waals surface area contributed by atoms with Crippen LogP contribution in [0.3, 0.4) is 0 Å². The Morgan fingerprint density at radius 1 is 1.12 bits per heavy atom. The summed E-state index contributed by atoms with van der Waals surface area (Å²) >= 11 is 13.5. The summed E-state index contributed by atoms with van der Waals surface area (Å²) in [6.07, 6.45) is 2.25. The lowest BCUT2D eigenvalue weighted by Crippen LogP contribution is -2.42. The van der Waals surface area contributed by atoms with Crippen LogP contribution in [0.1, 0.15) is 58.4 Å². The molecule has 1 unspecified atom stereocenters. The van der Waals surface area contributed by atoms with Crippen molar-refractivity contribution < 1.29 is 19.1 Å². The SMILES string of the molecule is CSCCC(NC(=O)c1ccc(Cl)cc1Cl)C(=O)OCC(=O)c1cc(C)n(C(C)C)c1C. The number of hydrogen-bond acceptors (Lipinski definition) is 5. The van der Waals surface area contributed by atoms with Gasteiger partial charge >= 0.3 is 5.97 Å². The van der Waals surface area contributed by atoms with Gasteiger partial charge in [-0.2, -0.15) is 11.8 Å². The Bertz CT molecular complexity index is 1000. The lowest BCUT2D eigenvalue weighted by molar-refractivity contribution is -0.144. The van der Waals surface area contributed by atoms with E-state index in [-0.39, 0.29) is 22.4 Å². The maximum atomic E-state index is 12.7. The van der Waals surface area contributed by atoms with Crippen LogP contribution >= 0.6 is 35.0 Å². The Kier molecular flexibility index (Phi) is 9.67. The van der Waals surface area contributed by atoms with Crippen molar-refractivity contribution in [2.75, 3.05) is 18.6 Å². The summed E-state index contributed by atoms with van der Waals surface area (Å²) in [4.78, 5) is 38.0. The highest BCUT2D eigenvalue weighted by Crippen LogP contribution is 2.22. The van der Waals surface area contributed by atoms with Gasteiger partial charge in [-0.15, -0.1) is 0 Å². The highest BCUT2D eigenvalue weighted by molar-refractivity contribution is 7.98. The Hall–Kier alpha value is -1.96. The third-order valence-electron chi connectivity index (χ3n) is 5.02. The van der Waals surface area contributed by atoms with Gasteiger partial charge in [-0.05, 0) is 70.4 Å². The summed E-state index contributed by atoms with van der Waals surface area (Å²) in [6, 6.07) is 5.61. The molecule has 1 aromatic heterocycles. The van der Waals surface area contributed by atoms with E-state index >= 15 is 0 Å². The number of thioether (sulfide) groups is 1. The first-order chi connectivity index (χ1) is 15.1. The molecule has 9 heteroatoms. The van der Waals surface area contributed by atoms with Gasteiger partial charge in [0, 0.05) is 28.0 Å². The molecule has 1 aromatic carbocycles.